The van der Waals surface area contributed by atoms with Crippen molar-refractivity contribution in [2.24, 2.45) is 5.41 Å². The number of carboxylic acid groups (broad SMARTS) is 1. The fourth-order valence-electron chi connectivity index (χ4n) is 0.706. The molecule has 0 aromatic rings. The number of aliphatic carboxylic acids is 1. The minimum absolute atomic E-state index is 0.402. The van der Waals surface area contributed by atoms with Crippen LogP contribution in [0.5, 0.6) is 0 Å². The van der Waals surface area contributed by atoms with Crippen LogP contribution in [-0.2, 0) is 9.59 Å². The molecule has 0 aromatic heterocycles. The molecular formula is C10H19NO3. The molecule has 1 aliphatic rings. The van der Waals surface area contributed by atoms with E-state index in [9.17, 15) is 9.59 Å². The van der Waals surface area contributed by atoms with Crippen LogP contribution in [0.1, 0.15) is 33.6 Å². The quantitative estimate of drug-likeness (QED) is 0.615. The molecule has 0 unspecified atom stereocenters. The number of carboxylic acids is 1. The second-order valence-electron chi connectivity index (χ2n) is 4.34. The first-order valence-corrected chi connectivity index (χ1v) is 4.80. The number of ketones is 1. The van der Waals surface area contributed by atoms with Gasteiger partial charge in [-0.05, 0) is 20.8 Å². The number of carbonyl (C=O) groups is 2. The Kier molecular flexibility index (Phi) is 5.38. The number of hydrogen-bond acceptors (Lipinski definition) is 3. The maximum atomic E-state index is 10.4. The van der Waals surface area contributed by atoms with Gasteiger partial charge in [0.05, 0.1) is 5.41 Å². The average Bonchev–Trinajstić information content (AvgIpc) is 2.04. The molecule has 1 saturated heterocycles. The number of rotatable bonds is 0. The van der Waals surface area contributed by atoms with Gasteiger partial charge in [-0.3, -0.25) is 9.59 Å². The van der Waals surface area contributed by atoms with Gasteiger partial charge in [0.25, 0.3) is 0 Å². The molecule has 2 N–H and O–H groups in total. The van der Waals surface area contributed by atoms with Crippen LogP contribution < -0.4 is 5.32 Å². The van der Waals surface area contributed by atoms with Gasteiger partial charge in [-0.2, -0.15) is 0 Å². The molecule has 1 heterocycles. The second-order valence-corrected chi connectivity index (χ2v) is 4.34. The molecule has 0 saturated carbocycles. The molecule has 1 rings (SSSR count). The minimum Gasteiger partial charge on any atom is -0.481 e. The second kappa shape index (κ2) is 5.75. The molecule has 0 radical (unpaired) electrons. The zero-order chi connectivity index (χ0) is 11.2. The summed E-state index contributed by atoms with van der Waals surface area (Å²) in [5, 5.41) is 11.3. The van der Waals surface area contributed by atoms with E-state index in [0.717, 1.165) is 25.9 Å². The Morgan fingerprint density at radius 3 is 1.79 bits per heavy atom. The van der Waals surface area contributed by atoms with E-state index in [1.807, 2.05) is 0 Å². The average molecular weight is 201 g/mol. The topological polar surface area (TPSA) is 66.4 Å². The molecule has 14 heavy (non-hydrogen) atoms. The third-order valence-corrected chi connectivity index (χ3v) is 1.80. The Bertz CT molecular complexity index is 198. The summed E-state index contributed by atoms with van der Waals surface area (Å²) in [4.78, 5) is 20.4. The van der Waals surface area contributed by atoms with E-state index in [2.05, 4.69) is 5.32 Å². The Morgan fingerprint density at radius 1 is 1.29 bits per heavy atom. The van der Waals surface area contributed by atoms with Crippen molar-refractivity contribution in [1.82, 2.24) is 5.32 Å². The lowest BCUT2D eigenvalue weighted by Crippen LogP contribution is -2.27. The van der Waals surface area contributed by atoms with E-state index in [1.165, 1.54) is 0 Å². The van der Waals surface area contributed by atoms with Gasteiger partial charge in [-0.15, -0.1) is 0 Å². The maximum absolute atomic E-state index is 10.4. The molecule has 4 nitrogen and oxygen atoms in total. The van der Waals surface area contributed by atoms with Gasteiger partial charge in [0.1, 0.15) is 5.78 Å². The monoisotopic (exact) mass is 201 g/mol. The highest BCUT2D eigenvalue weighted by atomic mass is 16.4. The van der Waals surface area contributed by atoms with E-state index >= 15 is 0 Å². The third kappa shape index (κ3) is 6.60. The predicted octanol–water partition coefficient (Wildman–Crippen LogP) is 1.06. The van der Waals surface area contributed by atoms with Crippen molar-refractivity contribution < 1.29 is 14.7 Å². The highest BCUT2D eigenvalue weighted by molar-refractivity contribution is 5.79. The summed E-state index contributed by atoms with van der Waals surface area (Å²) in [6.45, 7) is 6.76. The highest BCUT2D eigenvalue weighted by Gasteiger charge is 2.18. The first kappa shape index (κ1) is 13.1. The smallest absolute Gasteiger partial charge is 0.308 e. The maximum Gasteiger partial charge on any atom is 0.308 e. The Balaban J connectivity index is 0.000000241. The molecule has 0 atom stereocenters. The van der Waals surface area contributed by atoms with Crippen LogP contribution >= 0.6 is 0 Å². The third-order valence-electron chi connectivity index (χ3n) is 1.80. The van der Waals surface area contributed by atoms with Gasteiger partial charge in [-0.1, -0.05) is 0 Å². The van der Waals surface area contributed by atoms with Crippen molar-refractivity contribution in [2.75, 3.05) is 13.1 Å². The lowest BCUT2D eigenvalue weighted by atomic mass is 9.98. The lowest BCUT2D eigenvalue weighted by Gasteiger charge is -2.08. The number of Topliss-reactive ketones (excluding diaryl/α,β-unsaturated/α-hetero) is 1. The summed E-state index contributed by atoms with van der Waals surface area (Å²) in [6.07, 6.45) is 1.47. The van der Waals surface area contributed by atoms with Gasteiger partial charge in [0, 0.05) is 25.9 Å². The number of nitrogens with one attached hydrogen (secondary N) is 1. The van der Waals surface area contributed by atoms with E-state index in [-0.39, 0.29) is 0 Å². The highest BCUT2D eigenvalue weighted by Crippen LogP contribution is 2.11. The van der Waals surface area contributed by atoms with Crippen LogP contribution in [0.4, 0.5) is 0 Å². The van der Waals surface area contributed by atoms with Crippen LogP contribution in [0.2, 0.25) is 0 Å². The number of hydrogen-bond donors (Lipinski definition) is 2. The molecule has 0 amide bonds. The van der Waals surface area contributed by atoms with Crippen LogP contribution in [-0.4, -0.2) is 29.9 Å². The van der Waals surface area contributed by atoms with E-state index in [4.69, 9.17) is 5.11 Å². The SMILES string of the molecule is CC(C)(C)C(=O)O.O=C1CCNCC1. The van der Waals surface area contributed by atoms with Gasteiger partial charge >= 0.3 is 5.97 Å². The fraction of sp³-hybridized carbons (Fsp3) is 0.800. The Morgan fingerprint density at radius 2 is 1.64 bits per heavy atom. The molecule has 0 aliphatic carbocycles. The van der Waals surface area contributed by atoms with Crippen LogP contribution in [0.25, 0.3) is 0 Å². The fourth-order valence-corrected chi connectivity index (χ4v) is 0.706. The Labute approximate surface area is 84.7 Å². The largest absolute Gasteiger partial charge is 0.481 e. The Hall–Kier alpha value is -0.900. The summed E-state index contributed by atoms with van der Waals surface area (Å²) in [7, 11) is 0. The molecule has 0 aromatic carbocycles. The number of carbonyl (C=O) groups excluding carboxylic acids is 1. The van der Waals surface area contributed by atoms with E-state index < -0.39 is 11.4 Å². The van der Waals surface area contributed by atoms with Crippen molar-refractivity contribution in [3.8, 4) is 0 Å². The normalized spacial score (nSPS) is 16.9. The zero-order valence-electron chi connectivity index (χ0n) is 9.09. The summed E-state index contributed by atoms with van der Waals surface area (Å²) < 4.78 is 0. The summed E-state index contributed by atoms with van der Waals surface area (Å²) in [6, 6.07) is 0. The van der Waals surface area contributed by atoms with Crippen LogP contribution in [0.3, 0.4) is 0 Å². The van der Waals surface area contributed by atoms with Crippen molar-refractivity contribution in [3.63, 3.8) is 0 Å². The van der Waals surface area contributed by atoms with E-state index in [0.29, 0.717) is 5.78 Å². The molecule has 1 fully saturated rings. The molecule has 1 aliphatic heterocycles. The lowest BCUT2D eigenvalue weighted by molar-refractivity contribution is -0.145. The molecule has 0 bridgehead atoms. The first-order chi connectivity index (χ1) is 6.34. The van der Waals surface area contributed by atoms with Gasteiger partial charge < -0.3 is 10.4 Å². The molecule has 0 spiro atoms. The van der Waals surface area contributed by atoms with Crippen molar-refractivity contribution in [3.05, 3.63) is 0 Å². The predicted molar refractivity (Wildman–Crippen MR) is 54.2 cm³/mol. The van der Waals surface area contributed by atoms with Crippen molar-refractivity contribution >= 4 is 11.8 Å². The molecule has 82 valence electrons. The van der Waals surface area contributed by atoms with Crippen molar-refractivity contribution in [1.29, 1.82) is 0 Å². The van der Waals surface area contributed by atoms with Crippen LogP contribution in [0, 0.1) is 5.41 Å². The summed E-state index contributed by atoms with van der Waals surface area (Å²) in [5.74, 6) is -0.355. The van der Waals surface area contributed by atoms with Gasteiger partial charge in [0.15, 0.2) is 0 Å². The summed E-state index contributed by atoms with van der Waals surface area (Å²) >= 11 is 0. The number of piperidine rings is 1. The zero-order valence-corrected chi connectivity index (χ0v) is 9.09. The molecular weight excluding hydrogens is 182 g/mol. The van der Waals surface area contributed by atoms with E-state index in [1.54, 1.807) is 20.8 Å². The first-order valence-electron chi connectivity index (χ1n) is 4.80. The van der Waals surface area contributed by atoms with Crippen LogP contribution in [0.15, 0.2) is 0 Å². The minimum atomic E-state index is -0.757. The molecule has 4 heteroatoms. The van der Waals surface area contributed by atoms with Gasteiger partial charge in [-0.25, -0.2) is 0 Å². The van der Waals surface area contributed by atoms with Gasteiger partial charge in [0.2, 0.25) is 0 Å². The standard InChI is InChI=1S/C5H9NO.C5H10O2/c7-5-1-3-6-4-2-5;1-5(2,3)4(6)7/h6H,1-4H2;1-3H3,(H,6,7). The summed E-state index contributed by atoms with van der Waals surface area (Å²) in [5.41, 5.74) is -0.583. The van der Waals surface area contributed by atoms with Crippen molar-refractivity contribution in [2.45, 2.75) is 33.6 Å².